The van der Waals surface area contributed by atoms with E-state index < -0.39 is 0 Å². The van der Waals surface area contributed by atoms with E-state index in [-0.39, 0.29) is 5.91 Å². The second kappa shape index (κ2) is 9.79. The van der Waals surface area contributed by atoms with Crippen LogP contribution in [0.15, 0.2) is 23.3 Å². The smallest absolute Gasteiger partial charge is 0.261 e. The van der Waals surface area contributed by atoms with Gasteiger partial charge in [0.2, 0.25) is 0 Å². The molecular weight excluding hydrogens is 320 g/mol. The first kappa shape index (κ1) is 18.9. The first-order chi connectivity index (χ1) is 12.2. The molecule has 0 unspecified atom stereocenters. The number of piperidine rings is 1. The maximum absolute atomic E-state index is 12.9. The number of ether oxygens (including phenoxy) is 2. The van der Waals surface area contributed by atoms with Gasteiger partial charge in [0.25, 0.3) is 5.91 Å². The lowest BCUT2D eigenvalue weighted by molar-refractivity contribution is 0.0679. The number of benzene rings is 1. The van der Waals surface area contributed by atoms with Crippen molar-refractivity contribution >= 4 is 5.91 Å². The van der Waals surface area contributed by atoms with Gasteiger partial charge in [-0.05, 0) is 42.8 Å². The van der Waals surface area contributed by atoms with Gasteiger partial charge in [0.05, 0.1) is 14.2 Å². The van der Waals surface area contributed by atoms with Gasteiger partial charge in [-0.3, -0.25) is 4.79 Å². The maximum Gasteiger partial charge on any atom is 0.261 e. The van der Waals surface area contributed by atoms with Crippen molar-refractivity contribution in [2.24, 2.45) is 11.0 Å². The van der Waals surface area contributed by atoms with Crippen LogP contribution in [0, 0.1) is 5.92 Å². The third-order valence-electron chi connectivity index (χ3n) is 4.73. The number of amides is 1. The molecule has 7 heteroatoms. The summed E-state index contributed by atoms with van der Waals surface area (Å²) in [4.78, 5) is 17.6. The van der Waals surface area contributed by atoms with E-state index in [2.05, 4.69) is 10.0 Å². The fraction of sp³-hybridized carbons (Fsp3) is 0.611. The summed E-state index contributed by atoms with van der Waals surface area (Å²) in [6, 6.07) is 5.38. The van der Waals surface area contributed by atoms with E-state index in [0.717, 1.165) is 45.2 Å². The van der Waals surface area contributed by atoms with Crippen LogP contribution in [0.5, 0.6) is 11.5 Å². The van der Waals surface area contributed by atoms with Crippen molar-refractivity contribution in [3.8, 4) is 11.5 Å². The van der Waals surface area contributed by atoms with Crippen molar-refractivity contribution in [3.63, 3.8) is 0 Å². The Morgan fingerprint density at radius 3 is 2.44 bits per heavy atom. The van der Waals surface area contributed by atoms with E-state index in [4.69, 9.17) is 15.0 Å². The molecule has 1 heterocycles. The van der Waals surface area contributed by atoms with E-state index in [9.17, 15) is 4.79 Å². The number of azide groups is 1. The van der Waals surface area contributed by atoms with Crippen LogP contribution in [-0.4, -0.2) is 44.7 Å². The largest absolute Gasteiger partial charge is 0.496 e. The molecule has 2 rings (SSSR count). The third-order valence-corrected chi connectivity index (χ3v) is 4.73. The molecule has 1 aliphatic heterocycles. The molecule has 0 bridgehead atoms. The predicted octanol–water partition coefficient (Wildman–Crippen LogP) is 4.04. The summed E-state index contributed by atoms with van der Waals surface area (Å²) in [5.41, 5.74) is 8.77. The molecule has 7 nitrogen and oxygen atoms in total. The molecule has 1 saturated heterocycles. The highest BCUT2D eigenvalue weighted by Crippen LogP contribution is 2.31. The quantitative estimate of drug-likeness (QED) is 0.308. The van der Waals surface area contributed by atoms with Gasteiger partial charge in [-0.1, -0.05) is 24.0 Å². The molecule has 0 aromatic heterocycles. The first-order valence-corrected chi connectivity index (χ1v) is 8.72. The minimum Gasteiger partial charge on any atom is -0.496 e. The third kappa shape index (κ3) is 5.03. The zero-order chi connectivity index (χ0) is 18.1. The number of rotatable bonds is 8. The van der Waals surface area contributed by atoms with E-state index in [1.165, 1.54) is 0 Å². The lowest BCUT2D eigenvalue weighted by Gasteiger charge is -2.32. The number of hydrogen-bond acceptors (Lipinski definition) is 4. The normalized spacial score (nSPS) is 14.7. The van der Waals surface area contributed by atoms with Crippen LogP contribution in [0.2, 0.25) is 0 Å². The van der Waals surface area contributed by atoms with Crippen molar-refractivity contribution in [1.82, 2.24) is 4.90 Å². The molecular formula is C18H26N4O3. The van der Waals surface area contributed by atoms with Crippen LogP contribution in [0.4, 0.5) is 0 Å². The molecule has 25 heavy (non-hydrogen) atoms. The highest BCUT2D eigenvalue weighted by atomic mass is 16.5. The number of carbonyl (C=O) groups is 1. The average molecular weight is 346 g/mol. The lowest BCUT2D eigenvalue weighted by Crippen LogP contribution is -2.38. The van der Waals surface area contributed by atoms with Crippen LogP contribution in [0.3, 0.4) is 0 Å². The summed E-state index contributed by atoms with van der Waals surface area (Å²) in [7, 11) is 3.13. The number of unbranched alkanes of at least 4 members (excludes halogenated alkanes) is 1. The highest BCUT2D eigenvalue weighted by Gasteiger charge is 2.27. The van der Waals surface area contributed by atoms with E-state index in [0.29, 0.717) is 29.5 Å². The molecule has 1 aliphatic rings. The number of carbonyl (C=O) groups excluding carboxylic acids is 1. The summed E-state index contributed by atoms with van der Waals surface area (Å²) in [5.74, 6) is 1.69. The minimum absolute atomic E-state index is 0.0314. The van der Waals surface area contributed by atoms with Gasteiger partial charge in [0, 0.05) is 24.5 Å². The Bertz CT molecular complexity index is 598. The molecule has 1 aromatic carbocycles. The van der Waals surface area contributed by atoms with E-state index in [1.54, 1.807) is 26.4 Å². The summed E-state index contributed by atoms with van der Waals surface area (Å²) in [5, 5.41) is 3.56. The molecule has 0 atom stereocenters. The van der Waals surface area contributed by atoms with E-state index in [1.807, 2.05) is 11.0 Å². The van der Waals surface area contributed by atoms with Gasteiger partial charge in [0.1, 0.15) is 17.1 Å². The van der Waals surface area contributed by atoms with Crippen molar-refractivity contribution in [2.45, 2.75) is 32.1 Å². The fourth-order valence-electron chi connectivity index (χ4n) is 3.31. The number of likely N-dealkylation sites (tertiary alicyclic amines) is 1. The SMILES string of the molecule is COc1cccc(OC)c1C(=O)N1CCC(CCCCN=[N+]=[N-])CC1. The van der Waals surface area contributed by atoms with Crippen LogP contribution in [-0.2, 0) is 0 Å². The average Bonchev–Trinajstić information content (AvgIpc) is 2.67. The van der Waals surface area contributed by atoms with Crippen molar-refractivity contribution in [3.05, 3.63) is 34.2 Å². The second-order valence-electron chi connectivity index (χ2n) is 6.22. The molecule has 0 spiro atoms. The lowest BCUT2D eigenvalue weighted by atomic mass is 9.91. The summed E-state index contributed by atoms with van der Waals surface area (Å²) in [6.45, 7) is 2.07. The van der Waals surface area contributed by atoms with Crippen LogP contribution >= 0.6 is 0 Å². The zero-order valence-electron chi connectivity index (χ0n) is 15.0. The standard InChI is InChI=1S/C18H26N4O3/c1-24-15-7-5-8-16(25-2)17(15)18(23)22-12-9-14(10-13-22)6-3-4-11-20-21-19/h5,7-8,14H,3-4,6,9-13H2,1-2H3. The number of methoxy groups -OCH3 is 2. The Labute approximate surface area is 148 Å². The molecule has 0 aliphatic carbocycles. The summed E-state index contributed by atoms with van der Waals surface area (Å²) < 4.78 is 10.7. The van der Waals surface area contributed by atoms with Crippen molar-refractivity contribution < 1.29 is 14.3 Å². The second-order valence-corrected chi connectivity index (χ2v) is 6.22. The van der Waals surface area contributed by atoms with Gasteiger partial charge in [-0.25, -0.2) is 0 Å². The first-order valence-electron chi connectivity index (χ1n) is 8.72. The van der Waals surface area contributed by atoms with Gasteiger partial charge < -0.3 is 14.4 Å². The Balaban J connectivity index is 1.90. The topological polar surface area (TPSA) is 87.5 Å². The molecule has 136 valence electrons. The highest BCUT2D eigenvalue weighted by molar-refractivity contribution is 5.99. The van der Waals surface area contributed by atoms with Crippen LogP contribution < -0.4 is 9.47 Å². The van der Waals surface area contributed by atoms with Gasteiger partial charge in [-0.2, -0.15) is 0 Å². The number of nitrogens with zero attached hydrogens (tertiary/aromatic N) is 4. The summed E-state index contributed by atoms with van der Waals surface area (Å²) in [6.07, 6.45) is 5.13. The zero-order valence-corrected chi connectivity index (χ0v) is 15.0. The monoisotopic (exact) mass is 346 g/mol. The van der Waals surface area contributed by atoms with Crippen LogP contribution in [0.25, 0.3) is 10.4 Å². The molecule has 1 fully saturated rings. The summed E-state index contributed by atoms with van der Waals surface area (Å²) >= 11 is 0. The molecule has 0 N–H and O–H groups in total. The van der Waals surface area contributed by atoms with Gasteiger partial charge >= 0.3 is 0 Å². The minimum atomic E-state index is -0.0314. The van der Waals surface area contributed by atoms with Gasteiger partial charge in [-0.15, -0.1) is 0 Å². The van der Waals surface area contributed by atoms with Crippen molar-refractivity contribution in [2.75, 3.05) is 33.9 Å². The van der Waals surface area contributed by atoms with Crippen LogP contribution in [0.1, 0.15) is 42.5 Å². The molecule has 1 amide bonds. The Kier molecular flexibility index (Phi) is 7.41. The van der Waals surface area contributed by atoms with Crippen molar-refractivity contribution in [1.29, 1.82) is 0 Å². The Morgan fingerprint density at radius 1 is 1.24 bits per heavy atom. The Hall–Kier alpha value is -2.40. The molecule has 1 aromatic rings. The van der Waals surface area contributed by atoms with E-state index >= 15 is 0 Å². The Morgan fingerprint density at radius 2 is 1.88 bits per heavy atom. The maximum atomic E-state index is 12.9. The van der Waals surface area contributed by atoms with Gasteiger partial charge in [0.15, 0.2) is 0 Å². The number of hydrogen-bond donors (Lipinski definition) is 0. The predicted molar refractivity (Wildman–Crippen MR) is 96.0 cm³/mol. The molecule has 0 saturated carbocycles. The fourth-order valence-corrected chi connectivity index (χ4v) is 3.31. The molecule has 0 radical (unpaired) electrons.